The minimum absolute atomic E-state index is 0.167. The number of benzene rings is 3. The smallest absolute Gasteiger partial charge is 0.182 e. The second-order valence-electron chi connectivity index (χ2n) is 13.1. The van der Waals surface area contributed by atoms with Gasteiger partial charge >= 0.3 is 0 Å². The minimum atomic E-state index is -0.167. The van der Waals surface area contributed by atoms with E-state index in [1.54, 1.807) is 23.5 Å². The van der Waals surface area contributed by atoms with Crippen LogP contribution in [0.3, 0.4) is 0 Å². The minimum Gasteiger partial charge on any atom is -0.443 e. The summed E-state index contributed by atoms with van der Waals surface area (Å²) in [6.45, 7) is 23.0. The van der Waals surface area contributed by atoms with Gasteiger partial charge in [-0.1, -0.05) is 131 Å². The fourth-order valence-corrected chi connectivity index (χ4v) is 8.63. The Morgan fingerprint density at radius 2 is 1.58 bits per heavy atom. The number of rotatable bonds is 10. The Kier molecular flexibility index (Phi) is 9.26. The quantitative estimate of drug-likeness (QED) is 0.133. The van der Waals surface area contributed by atoms with Crippen molar-refractivity contribution in [3.8, 4) is 22.5 Å². The summed E-state index contributed by atoms with van der Waals surface area (Å²) in [5, 5.41) is 0. The first kappa shape index (κ1) is 34.5. The van der Waals surface area contributed by atoms with Gasteiger partial charge in [0.15, 0.2) is 29.4 Å². The van der Waals surface area contributed by atoms with Crippen molar-refractivity contribution < 1.29 is 4.42 Å². The Labute approximate surface area is 309 Å². The van der Waals surface area contributed by atoms with Gasteiger partial charge < -0.3 is 4.42 Å². The van der Waals surface area contributed by atoms with Crippen LogP contribution in [0.15, 0.2) is 134 Å². The average Bonchev–Trinajstić information content (AvgIpc) is 3.83. The molecule has 0 saturated heterocycles. The van der Waals surface area contributed by atoms with Crippen molar-refractivity contribution in [2.45, 2.75) is 40.0 Å². The van der Waals surface area contributed by atoms with Crippen molar-refractivity contribution >= 4 is 45.2 Å². The van der Waals surface area contributed by atoms with E-state index in [9.17, 15) is 0 Å². The van der Waals surface area contributed by atoms with Crippen LogP contribution in [-0.4, -0.2) is 19.9 Å². The molecule has 0 fully saturated rings. The predicted octanol–water partition coefficient (Wildman–Crippen LogP) is 12.2. The Hall–Kier alpha value is -5.98. The molecule has 5 nitrogen and oxygen atoms in total. The molecule has 0 atom stereocenters. The van der Waals surface area contributed by atoms with Crippen LogP contribution in [0.5, 0.6) is 0 Å². The van der Waals surface area contributed by atoms with E-state index in [0.29, 0.717) is 17.5 Å². The first-order chi connectivity index (χ1) is 25.2. The van der Waals surface area contributed by atoms with E-state index in [2.05, 4.69) is 88.8 Å². The van der Waals surface area contributed by atoms with Crippen molar-refractivity contribution in [1.29, 1.82) is 0 Å². The van der Waals surface area contributed by atoms with E-state index in [4.69, 9.17) is 19.4 Å². The van der Waals surface area contributed by atoms with Crippen LogP contribution in [0.25, 0.3) is 56.4 Å². The summed E-state index contributed by atoms with van der Waals surface area (Å²) < 4.78 is 5.98. The van der Waals surface area contributed by atoms with Gasteiger partial charge in [-0.3, -0.25) is 0 Å². The van der Waals surface area contributed by atoms with E-state index in [-0.39, 0.29) is 5.41 Å². The molecule has 256 valence electrons. The van der Waals surface area contributed by atoms with E-state index < -0.39 is 0 Å². The summed E-state index contributed by atoms with van der Waals surface area (Å²) in [5.74, 6) is 1.71. The zero-order valence-corrected chi connectivity index (χ0v) is 31.0. The summed E-state index contributed by atoms with van der Waals surface area (Å²) >= 11 is 1.71. The third-order valence-corrected chi connectivity index (χ3v) is 11.1. The second kappa shape index (κ2) is 14.0. The monoisotopic (exact) mass is 696 g/mol. The molecule has 0 spiro atoms. The molecule has 0 radical (unpaired) electrons. The number of nitrogens with zero attached hydrogens (tertiary/aromatic N) is 4. The molecule has 3 aromatic carbocycles. The molecular formula is C46H40N4OS. The Morgan fingerprint density at radius 1 is 0.827 bits per heavy atom. The molecule has 6 aromatic rings. The summed E-state index contributed by atoms with van der Waals surface area (Å²) in [4.78, 5) is 21.7. The molecule has 0 aliphatic heterocycles. The van der Waals surface area contributed by atoms with E-state index in [1.165, 1.54) is 23.1 Å². The molecule has 0 saturated carbocycles. The average molecular weight is 697 g/mol. The molecule has 0 bridgehead atoms. The standard InChI is InChI=1S/C46H40N4OS/c1-9-17-29(18-10-2)43-48-44(30-20-15-14-16-21-30)50-45(49-43)34(19-11-3)41-28(6)32(12-4)42(52-41)33(13-5)31-22-23-36-35(26-31)39-37(46(36,7)8)24-25-38-40(39)51-27-47-38/h9-27H,1,3-4H2,2,5-8H3/b18-10-,29-17+,33-13-,34-19+. The van der Waals surface area contributed by atoms with Crippen LogP contribution >= 0.6 is 11.3 Å². The molecular weight excluding hydrogens is 657 g/mol. The molecule has 0 N–H and O–H groups in total. The van der Waals surface area contributed by atoms with E-state index >= 15 is 0 Å². The summed E-state index contributed by atoms with van der Waals surface area (Å²) in [5.41, 5.74) is 13.4. The SMILES string of the molecule is C=C/C=C(/c1nc(C(/C=C\C)=C/C=C)nc(-c2ccccc2)n1)c1sc(/C(=C\C)c2ccc3c(c2)-c2c(ccc4ncoc24)C3(C)C)c(C=C)c1C. The number of thiophene rings is 1. The lowest BCUT2D eigenvalue weighted by Crippen LogP contribution is -2.14. The van der Waals surface area contributed by atoms with Crippen LogP contribution < -0.4 is 0 Å². The molecule has 6 heteroatoms. The second-order valence-corrected chi connectivity index (χ2v) is 14.1. The van der Waals surface area contributed by atoms with Gasteiger partial charge in [-0.15, -0.1) is 11.3 Å². The molecule has 3 aromatic heterocycles. The van der Waals surface area contributed by atoms with Crippen LogP contribution in [0.2, 0.25) is 0 Å². The number of fused-ring (bicyclic) bond motifs is 5. The van der Waals surface area contributed by atoms with Gasteiger partial charge in [0.2, 0.25) is 0 Å². The first-order valence-electron chi connectivity index (χ1n) is 17.3. The Balaban J connectivity index is 1.39. The topological polar surface area (TPSA) is 64.7 Å². The highest BCUT2D eigenvalue weighted by Crippen LogP contribution is 2.52. The fourth-order valence-electron chi connectivity index (χ4n) is 7.21. The molecule has 3 heterocycles. The van der Waals surface area contributed by atoms with Gasteiger partial charge in [0.25, 0.3) is 0 Å². The number of aromatic nitrogens is 4. The number of hydrogen-bond donors (Lipinski definition) is 0. The lowest BCUT2D eigenvalue weighted by atomic mass is 9.82. The van der Waals surface area contributed by atoms with Crippen LogP contribution in [0.1, 0.15) is 76.9 Å². The van der Waals surface area contributed by atoms with Gasteiger partial charge in [-0.05, 0) is 71.9 Å². The third kappa shape index (κ3) is 5.75. The molecule has 1 aliphatic rings. The van der Waals surface area contributed by atoms with Gasteiger partial charge in [-0.25, -0.2) is 19.9 Å². The maximum atomic E-state index is 5.98. The van der Waals surface area contributed by atoms with Gasteiger partial charge in [0.05, 0.1) is 0 Å². The molecule has 52 heavy (non-hydrogen) atoms. The molecule has 0 unspecified atom stereocenters. The van der Waals surface area contributed by atoms with Crippen molar-refractivity contribution in [1.82, 2.24) is 19.9 Å². The lowest BCUT2D eigenvalue weighted by Gasteiger charge is -2.21. The third-order valence-electron chi connectivity index (χ3n) is 9.72. The Bertz CT molecular complexity index is 2520. The van der Waals surface area contributed by atoms with Gasteiger partial charge in [0, 0.05) is 37.4 Å². The number of hydrogen-bond acceptors (Lipinski definition) is 6. The lowest BCUT2D eigenvalue weighted by molar-refractivity contribution is 0.601. The van der Waals surface area contributed by atoms with Gasteiger partial charge in [-0.2, -0.15) is 0 Å². The van der Waals surface area contributed by atoms with Crippen LogP contribution in [0.4, 0.5) is 0 Å². The van der Waals surface area contributed by atoms with Crippen molar-refractivity contribution in [2.24, 2.45) is 0 Å². The number of allylic oxidation sites excluding steroid dienone is 8. The maximum absolute atomic E-state index is 5.98. The highest BCUT2D eigenvalue weighted by molar-refractivity contribution is 7.14. The predicted molar refractivity (Wildman–Crippen MR) is 219 cm³/mol. The maximum Gasteiger partial charge on any atom is 0.182 e. The zero-order chi connectivity index (χ0) is 36.6. The molecule has 0 amide bonds. The van der Waals surface area contributed by atoms with Crippen LogP contribution in [0, 0.1) is 6.92 Å². The molecule has 7 rings (SSSR count). The van der Waals surface area contributed by atoms with Crippen molar-refractivity contribution in [3.63, 3.8) is 0 Å². The summed E-state index contributed by atoms with van der Waals surface area (Å²) in [6.07, 6.45) is 17.1. The fraction of sp³-hybridized carbons (Fsp3) is 0.130. The van der Waals surface area contributed by atoms with E-state index in [0.717, 1.165) is 65.4 Å². The normalized spacial score (nSPS) is 14.1. The summed E-state index contributed by atoms with van der Waals surface area (Å²) in [7, 11) is 0. The van der Waals surface area contributed by atoms with Gasteiger partial charge in [0.1, 0.15) is 5.52 Å². The summed E-state index contributed by atoms with van der Waals surface area (Å²) in [6, 6.07) is 21.0. The molecule has 1 aliphatic carbocycles. The van der Waals surface area contributed by atoms with E-state index in [1.807, 2.05) is 67.6 Å². The van der Waals surface area contributed by atoms with Crippen LogP contribution in [-0.2, 0) is 5.41 Å². The Morgan fingerprint density at radius 3 is 2.29 bits per heavy atom. The first-order valence-corrected chi connectivity index (χ1v) is 18.1. The van der Waals surface area contributed by atoms with Crippen molar-refractivity contribution in [2.75, 3.05) is 0 Å². The van der Waals surface area contributed by atoms with Crippen molar-refractivity contribution in [3.05, 3.63) is 179 Å². The zero-order valence-electron chi connectivity index (χ0n) is 30.2. The number of oxazole rings is 1. The highest BCUT2D eigenvalue weighted by Gasteiger charge is 2.38. The largest absolute Gasteiger partial charge is 0.443 e. The highest BCUT2D eigenvalue weighted by atomic mass is 32.1.